The predicted molar refractivity (Wildman–Crippen MR) is 107 cm³/mol. The van der Waals surface area contributed by atoms with Gasteiger partial charge in [-0.1, -0.05) is 0 Å². The van der Waals surface area contributed by atoms with Gasteiger partial charge in [-0.3, -0.25) is 14.4 Å². The average molecular weight is 408 g/mol. The lowest BCUT2D eigenvalue weighted by atomic mass is 10.1. The minimum atomic E-state index is -0.733. The van der Waals surface area contributed by atoms with Crippen molar-refractivity contribution in [3.63, 3.8) is 0 Å². The molecule has 2 aliphatic rings. The normalized spacial score (nSPS) is 15.0. The summed E-state index contributed by atoms with van der Waals surface area (Å²) in [5, 5.41) is 2.72. The van der Waals surface area contributed by atoms with Crippen molar-refractivity contribution in [3.05, 3.63) is 59.2 Å². The van der Waals surface area contributed by atoms with Gasteiger partial charge in [0.2, 0.25) is 0 Å². The number of anilines is 1. The minimum absolute atomic E-state index is 0.0997. The van der Waals surface area contributed by atoms with Crippen LogP contribution < -0.4 is 15.0 Å². The van der Waals surface area contributed by atoms with Crippen LogP contribution in [0.15, 0.2) is 42.5 Å². The van der Waals surface area contributed by atoms with Gasteiger partial charge < -0.3 is 14.8 Å². The van der Waals surface area contributed by atoms with Crippen LogP contribution in [0, 0.1) is 0 Å². The molecule has 1 aliphatic heterocycles. The van der Waals surface area contributed by atoms with Gasteiger partial charge in [-0.25, -0.2) is 9.69 Å². The van der Waals surface area contributed by atoms with E-state index in [9.17, 15) is 19.2 Å². The first-order chi connectivity index (χ1) is 14.5. The van der Waals surface area contributed by atoms with Crippen molar-refractivity contribution in [1.82, 2.24) is 5.32 Å². The summed E-state index contributed by atoms with van der Waals surface area (Å²) in [5.41, 5.74) is 0.830. The monoisotopic (exact) mass is 408 g/mol. The van der Waals surface area contributed by atoms with E-state index in [1.54, 1.807) is 24.3 Å². The van der Waals surface area contributed by atoms with E-state index in [0.717, 1.165) is 17.7 Å². The van der Waals surface area contributed by atoms with E-state index in [4.69, 9.17) is 9.47 Å². The Labute approximate surface area is 172 Å². The third kappa shape index (κ3) is 3.89. The molecule has 30 heavy (non-hydrogen) atoms. The fourth-order valence-corrected chi connectivity index (χ4v) is 3.17. The molecule has 0 aromatic heterocycles. The van der Waals surface area contributed by atoms with Crippen LogP contribution in [0.25, 0.3) is 0 Å². The first kappa shape index (κ1) is 19.6. The van der Waals surface area contributed by atoms with Gasteiger partial charge in [0.05, 0.1) is 29.0 Å². The zero-order chi connectivity index (χ0) is 21.3. The number of carbonyl (C=O) groups excluding carboxylic acids is 4. The lowest BCUT2D eigenvalue weighted by Gasteiger charge is -2.14. The standard InChI is InChI=1S/C22H20N2O6/c1-2-29-16-8-6-15(7-9-16)24-20(26)17-10-3-13(11-18(17)21(24)27)22(28)30-12-19(25)23-14-4-5-14/h3,6-11,14H,2,4-5,12H2,1H3,(H,23,25). The number of hydrogen-bond donors (Lipinski definition) is 1. The molecule has 3 amide bonds. The highest BCUT2D eigenvalue weighted by atomic mass is 16.5. The first-order valence-corrected chi connectivity index (χ1v) is 9.70. The molecule has 0 bridgehead atoms. The lowest BCUT2D eigenvalue weighted by Crippen LogP contribution is -2.30. The Morgan fingerprint density at radius 3 is 2.40 bits per heavy atom. The quantitative estimate of drug-likeness (QED) is 0.557. The van der Waals surface area contributed by atoms with Crippen molar-refractivity contribution < 1.29 is 28.7 Å². The fraction of sp³-hybridized carbons (Fsp3) is 0.273. The Bertz CT molecular complexity index is 1030. The van der Waals surface area contributed by atoms with Crippen LogP contribution in [-0.2, 0) is 9.53 Å². The van der Waals surface area contributed by atoms with E-state index in [1.807, 2.05) is 6.92 Å². The molecule has 0 spiro atoms. The number of nitrogens with zero attached hydrogens (tertiary/aromatic N) is 1. The molecule has 1 aliphatic carbocycles. The second-order valence-electron chi connectivity index (χ2n) is 7.05. The summed E-state index contributed by atoms with van der Waals surface area (Å²) in [5.74, 6) is -1.46. The molecular formula is C22H20N2O6. The first-order valence-electron chi connectivity index (χ1n) is 9.70. The second kappa shape index (κ2) is 7.98. The van der Waals surface area contributed by atoms with E-state index in [2.05, 4.69) is 5.32 Å². The number of hydrogen-bond acceptors (Lipinski definition) is 6. The van der Waals surface area contributed by atoms with Gasteiger partial charge in [0.1, 0.15) is 5.75 Å². The Balaban J connectivity index is 1.48. The molecule has 1 N–H and O–H groups in total. The SMILES string of the molecule is CCOc1ccc(N2C(=O)c3ccc(C(=O)OCC(=O)NC4CC4)cc3C2=O)cc1. The van der Waals surface area contributed by atoms with Gasteiger partial charge in [-0.15, -0.1) is 0 Å². The van der Waals surface area contributed by atoms with Crippen LogP contribution in [0.2, 0.25) is 0 Å². The summed E-state index contributed by atoms with van der Waals surface area (Å²) < 4.78 is 10.4. The molecule has 0 radical (unpaired) electrons. The highest BCUT2D eigenvalue weighted by molar-refractivity contribution is 6.34. The summed E-state index contributed by atoms with van der Waals surface area (Å²) in [7, 11) is 0. The largest absolute Gasteiger partial charge is 0.494 e. The highest BCUT2D eigenvalue weighted by Crippen LogP contribution is 2.30. The van der Waals surface area contributed by atoms with Gasteiger partial charge in [-0.05, 0) is 62.2 Å². The molecule has 1 heterocycles. The Hall–Kier alpha value is -3.68. The molecule has 2 aromatic rings. The van der Waals surface area contributed by atoms with E-state index in [0.29, 0.717) is 18.0 Å². The van der Waals surface area contributed by atoms with Crippen LogP contribution >= 0.6 is 0 Å². The van der Waals surface area contributed by atoms with Crippen molar-refractivity contribution in [2.24, 2.45) is 0 Å². The second-order valence-corrected chi connectivity index (χ2v) is 7.05. The summed E-state index contributed by atoms with van der Waals surface area (Å²) in [6.45, 7) is 1.98. The number of ether oxygens (including phenoxy) is 2. The molecular weight excluding hydrogens is 388 g/mol. The summed E-state index contributed by atoms with van der Waals surface area (Å²) in [6.07, 6.45) is 1.87. The summed E-state index contributed by atoms with van der Waals surface area (Å²) in [4.78, 5) is 50.6. The maximum atomic E-state index is 12.8. The fourth-order valence-electron chi connectivity index (χ4n) is 3.17. The number of fused-ring (bicyclic) bond motifs is 1. The molecule has 0 saturated heterocycles. The van der Waals surface area contributed by atoms with Crippen LogP contribution in [-0.4, -0.2) is 42.9 Å². The molecule has 0 atom stereocenters. The Morgan fingerprint density at radius 2 is 1.73 bits per heavy atom. The number of rotatable bonds is 7. The Morgan fingerprint density at radius 1 is 1.03 bits per heavy atom. The molecule has 8 heteroatoms. The smallest absolute Gasteiger partial charge is 0.338 e. The van der Waals surface area contributed by atoms with Crippen molar-refractivity contribution in [2.45, 2.75) is 25.8 Å². The van der Waals surface area contributed by atoms with Crippen molar-refractivity contribution in [3.8, 4) is 5.75 Å². The van der Waals surface area contributed by atoms with Crippen molar-refractivity contribution in [1.29, 1.82) is 0 Å². The third-order valence-corrected chi connectivity index (χ3v) is 4.81. The van der Waals surface area contributed by atoms with Crippen LogP contribution in [0.1, 0.15) is 50.8 Å². The third-order valence-electron chi connectivity index (χ3n) is 4.81. The van der Waals surface area contributed by atoms with Gasteiger partial charge in [0.15, 0.2) is 6.61 Å². The van der Waals surface area contributed by atoms with Crippen LogP contribution in [0.3, 0.4) is 0 Å². The summed E-state index contributed by atoms with van der Waals surface area (Å²) in [6, 6.07) is 10.9. The zero-order valence-electron chi connectivity index (χ0n) is 16.3. The number of nitrogens with one attached hydrogen (secondary N) is 1. The van der Waals surface area contributed by atoms with Crippen LogP contribution in [0.5, 0.6) is 5.75 Å². The van der Waals surface area contributed by atoms with Gasteiger partial charge in [0, 0.05) is 6.04 Å². The van der Waals surface area contributed by atoms with E-state index in [1.165, 1.54) is 18.2 Å². The maximum Gasteiger partial charge on any atom is 0.338 e. The molecule has 2 aromatic carbocycles. The van der Waals surface area contributed by atoms with Crippen molar-refractivity contribution in [2.75, 3.05) is 18.1 Å². The molecule has 0 unspecified atom stereocenters. The van der Waals surface area contributed by atoms with Crippen molar-refractivity contribution >= 4 is 29.4 Å². The predicted octanol–water partition coefficient (Wildman–Crippen LogP) is 2.32. The lowest BCUT2D eigenvalue weighted by molar-refractivity contribution is -0.124. The number of imide groups is 1. The molecule has 4 rings (SSSR count). The number of benzene rings is 2. The number of amides is 3. The average Bonchev–Trinajstić information content (AvgIpc) is 3.52. The van der Waals surface area contributed by atoms with Gasteiger partial charge in [0.25, 0.3) is 17.7 Å². The minimum Gasteiger partial charge on any atom is -0.494 e. The van der Waals surface area contributed by atoms with Gasteiger partial charge >= 0.3 is 5.97 Å². The number of carbonyl (C=O) groups is 4. The maximum absolute atomic E-state index is 12.8. The van der Waals surface area contributed by atoms with E-state index < -0.39 is 24.4 Å². The molecule has 1 saturated carbocycles. The van der Waals surface area contributed by atoms with Crippen LogP contribution in [0.4, 0.5) is 5.69 Å². The van der Waals surface area contributed by atoms with E-state index in [-0.39, 0.29) is 28.6 Å². The van der Waals surface area contributed by atoms with E-state index >= 15 is 0 Å². The molecule has 1 fully saturated rings. The number of esters is 1. The molecule has 154 valence electrons. The molecule has 8 nitrogen and oxygen atoms in total. The van der Waals surface area contributed by atoms with Gasteiger partial charge in [-0.2, -0.15) is 0 Å². The zero-order valence-corrected chi connectivity index (χ0v) is 16.3. The summed E-state index contributed by atoms with van der Waals surface area (Å²) >= 11 is 0. The Kier molecular flexibility index (Phi) is 5.22. The topological polar surface area (TPSA) is 102 Å². The highest BCUT2D eigenvalue weighted by Gasteiger charge is 2.37.